The van der Waals surface area contributed by atoms with Crippen LogP contribution in [0.4, 0.5) is 11.4 Å². The third-order valence-electron chi connectivity index (χ3n) is 4.53. The van der Waals surface area contributed by atoms with Crippen LogP contribution in [0.25, 0.3) is 0 Å². The highest BCUT2D eigenvalue weighted by Gasteiger charge is 2.34. The van der Waals surface area contributed by atoms with Gasteiger partial charge in [0.05, 0.1) is 19.3 Å². The van der Waals surface area contributed by atoms with Gasteiger partial charge in [-0.15, -0.1) is 0 Å². The Kier molecular flexibility index (Phi) is 7.30. The zero-order valence-corrected chi connectivity index (χ0v) is 18.3. The van der Waals surface area contributed by atoms with Gasteiger partial charge in [-0.05, 0) is 43.3 Å². The molecular weight excluding hydrogens is 418 g/mol. The van der Waals surface area contributed by atoms with Gasteiger partial charge < -0.3 is 14.8 Å². The number of anilines is 1. The topological polar surface area (TPSA) is 97.3 Å². The molecule has 1 atom stereocenters. The van der Waals surface area contributed by atoms with Crippen molar-refractivity contribution in [2.75, 3.05) is 26.1 Å². The summed E-state index contributed by atoms with van der Waals surface area (Å²) in [7, 11) is 3.18. The first kappa shape index (κ1) is 22.4. The van der Waals surface area contributed by atoms with E-state index in [9.17, 15) is 14.4 Å². The van der Waals surface area contributed by atoms with Gasteiger partial charge in [-0.2, -0.15) is 0 Å². The first-order chi connectivity index (χ1) is 14.9. The van der Waals surface area contributed by atoms with E-state index in [0.717, 1.165) is 0 Å². The minimum Gasteiger partial charge on any atom is -0.494 e. The van der Waals surface area contributed by atoms with E-state index in [1.807, 2.05) is 12.1 Å². The van der Waals surface area contributed by atoms with Crippen molar-refractivity contribution in [2.24, 2.45) is 4.99 Å². The Morgan fingerprint density at radius 3 is 2.58 bits per heavy atom. The van der Waals surface area contributed by atoms with Crippen molar-refractivity contribution in [3.8, 4) is 5.75 Å². The molecule has 1 aliphatic rings. The summed E-state index contributed by atoms with van der Waals surface area (Å²) in [6, 6.07) is 13.6. The second kappa shape index (κ2) is 10.1. The van der Waals surface area contributed by atoms with Gasteiger partial charge in [-0.3, -0.25) is 14.5 Å². The molecule has 0 aliphatic carbocycles. The summed E-state index contributed by atoms with van der Waals surface area (Å²) in [4.78, 5) is 43.0. The maximum absolute atomic E-state index is 12.8. The van der Waals surface area contributed by atoms with Crippen molar-refractivity contribution in [3.63, 3.8) is 0 Å². The van der Waals surface area contributed by atoms with Crippen molar-refractivity contribution in [1.82, 2.24) is 4.90 Å². The van der Waals surface area contributed by atoms with Gasteiger partial charge in [0.2, 0.25) is 11.8 Å². The fraction of sp³-hybridized carbons (Fsp3) is 0.273. The van der Waals surface area contributed by atoms with Crippen LogP contribution in [0.3, 0.4) is 0 Å². The average molecular weight is 442 g/mol. The van der Waals surface area contributed by atoms with Crippen LogP contribution in [-0.4, -0.2) is 53.9 Å². The fourth-order valence-electron chi connectivity index (χ4n) is 2.85. The van der Waals surface area contributed by atoms with Crippen LogP contribution in [0.2, 0.25) is 0 Å². The quantitative estimate of drug-likeness (QED) is 0.690. The van der Waals surface area contributed by atoms with Crippen LogP contribution in [0, 0.1) is 0 Å². The lowest BCUT2D eigenvalue weighted by Gasteiger charge is -2.29. The molecule has 1 heterocycles. The summed E-state index contributed by atoms with van der Waals surface area (Å²) in [6.07, 6.45) is 0.0544. The summed E-state index contributed by atoms with van der Waals surface area (Å²) in [5, 5.41) is 2.57. The van der Waals surface area contributed by atoms with Crippen molar-refractivity contribution >= 4 is 46.1 Å². The van der Waals surface area contributed by atoms with Gasteiger partial charge in [-0.1, -0.05) is 23.9 Å². The molecule has 1 fully saturated rings. The van der Waals surface area contributed by atoms with Crippen LogP contribution in [0.15, 0.2) is 53.5 Å². The molecule has 0 bridgehead atoms. The Morgan fingerprint density at radius 2 is 1.90 bits per heavy atom. The van der Waals surface area contributed by atoms with Gasteiger partial charge in [0, 0.05) is 19.2 Å². The van der Waals surface area contributed by atoms with E-state index in [4.69, 9.17) is 9.47 Å². The minimum absolute atomic E-state index is 0.0544. The molecule has 162 valence electrons. The lowest BCUT2D eigenvalue weighted by atomic mass is 10.2. The third kappa shape index (κ3) is 5.43. The number of para-hydroxylation sites is 2. The first-order valence-electron chi connectivity index (χ1n) is 9.66. The van der Waals surface area contributed by atoms with Crippen LogP contribution >= 0.6 is 11.8 Å². The molecule has 9 heteroatoms. The number of aliphatic imine (C=N–C) groups is 1. The Balaban J connectivity index is 1.73. The van der Waals surface area contributed by atoms with Crippen LogP contribution < -0.4 is 10.1 Å². The van der Waals surface area contributed by atoms with E-state index >= 15 is 0 Å². The molecule has 0 radical (unpaired) electrons. The lowest BCUT2D eigenvalue weighted by molar-refractivity contribution is -0.128. The number of methoxy groups -OCH3 is 1. The number of ether oxygens (including phenoxy) is 2. The summed E-state index contributed by atoms with van der Waals surface area (Å²) >= 11 is 1.21. The Labute approximate surface area is 184 Å². The van der Waals surface area contributed by atoms with Gasteiger partial charge >= 0.3 is 5.97 Å². The average Bonchev–Trinajstić information content (AvgIpc) is 2.77. The normalized spacial score (nSPS) is 17.4. The highest BCUT2D eigenvalue weighted by atomic mass is 32.2. The molecule has 0 unspecified atom stereocenters. The number of nitrogens with zero attached hydrogens (tertiary/aromatic N) is 2. The number of amidine groups is 1. The number of benzene rings is 2. The van der Waals surface area contributed by atoms with Crippen molar-refractivity contribution in [3.05, 3.63) is 54.1 Å². The van der Waals surface area contributed by atoms with Crippen LogP contribution in [-0.2, 0) is 14.3 Å². The molecule has 8 nitrogen and oxygen atoms in total. The molecule has 0 saturated carbocycles. The molecule has 1 saturated heterocycles. The number of hydrogen-bond acceptors (Lipinski definition) is 7. The predicted molar refractivity (Wildman–Crippen MR) is 120 cm³/mol. The fourth-order valence-corrected chi connectivity index (χ4v) is 3.91. The molecule has 2 aromatic rings. The van der Waals surface area contributed by atoms with E-state index in [0.29, 0.717) is 27.9 Å². The van der Waals surface area contributed by atoms with Gasteiger partial charge in [0.25, 0.3) is 0 Å². The summed E-state index contributed by atoms with van der Waals surface area (Å²) < 4.78 is 10.3. The summed E-state index contributed by atoms with van der Waals surface area (Å²) in [5.74, 6) is -0.368. The van der Waals surface area contributed by atoms with Gasteiger partial charge in [0.15, 0.2) is 5.17 Å². The number of esters is 1. The second-order valence-electron chi connectivity index (χ2n) is 6.62. The summed E-state index contributed by atoms with van der Waals surface area (Å²) in [6.45, 7) is 2.02. The third-order valence-corrected chi connectivity index (χ3v) is 5.77. The molecule has 2 amide bonds. The van der Waals surface area contributed by atoms with Crippen molar-refractivity contribution in [1.29, 1.82) is 0 Å². The zero-order chi connectivity index (χ0) is 22.4. The van der Waals surface area contributed by atoms with E-state index < -0.39 is 11.2 Å². The monoisotopic (exact) mass is 441 g/mol. The number of rotatable bonds is 6. The molecule has 31 heavy (non-hydrogen) atoms. The number of amides is 2. The Hall–Kier alpha value is -3.33. The zero-order valence-electron chi connectivity index (χ0n) is 17.5. The molecule has 2 aromatic carbocycles. The highest BCUT2D eigenvalue weighted by Crippen LogP contribution is 2.32. The molecule has 0 aromatic heterocycles. The largest absolute Gasteiger partial charge is 0.494 e. The van der Waals surface area contributed by atoms with E-state index in [-0.39, 0.29) is 24.8 Å². The maximum Gasteiger partial charge on any atom is 0.338 e. The lowest BCUT2D eigenvalue weighted by Crippen LogP contribution is -2.43. The van der Waals surface area contributed by atoms with Gasteiger partial charge in [-0.25, -0.2) is 9.79 Å². The Morgan fingerprint density at radius 1 is 1.19 bits per heavy atom. The van der Waals surface area contributed by atoms with Crippen LogP contribution in [0.1, 0.15) is 23.7 Å². The standard InChI is InChI=1S/C22H23N3O5S/c1-4-30-21(28)14-9-11-15(12-10-14)23-20(27)18-13-19(26)25(2)22(31-18)24-16-7-5-6-8-17(16)29-3/h5-12,18H,4,13H2,1-3H3,(H,23,27)/t18-/m0/s1. The Bertz CT molecular complexity index is 1010. The maximum atomic E-state index is 12.8. The smallest absolute Gasteiger partial charge is 0.338 e. The first-order valence-corrected chi connectivity index (χ1v) is 10.5. The number of thioether (sulfide) groups is 1. The van der Waals surface area contributed by atoms with E-state index in [2.05, 4.69) is 10.3 Å². The molecular formula is C22H23N3O5S. The summed E-state index contributed by atoms with van der Waals surface area (Å²) in [5.41, 5.74) is 1.49. The predicted octanol–water partition coefficient (Wildman–Crippen LogP) is 3.46. The number of nitrogens with one attached hydrogen (secondary N) is 1. The molecule has 0 spiro atoms. The minimum atomic E-state index is -0.637. The van der Waals surface area contributed by atoms with Crippen molar-refractivity contribution in [2.45, 2.75) is 18.6 Å². The SMILES string of the molecule is CCOC(=O)c1ccc(NC(=O)[C@@H]2CC(=O)N(C)C(=Nc3ccccc3OC)S2)cc1. The second-order valence-corrected chi connectivity index (χ2v) is 7.79. The van der Waals surface area contributed by atoms with E-state index in [1.54, 1.807) is 57.5 Å². The molecule has 1 aliphatic heterocycles. The molecule has 1 N–H and O–H groups in total. The number of carbonyl (C=O) groups is 3. The van der Waals surface area contributed by atoms with Crippen molar-refractivity contribution < 1.29 is 23.9 Å². The highest BCUT2D eigenvalue weighted by molar-refractivity contribution is 8.15. The van der Waals surface area contributed by atoms with Crippen LogP contribution in [0.5, 0.6) is 5.75 Å². The van der Waals surface area contributed by atoms with E-state index in [1.165, 1.54) is 16.7 Å². The number of hydrogen-bond donors (Lipinski definition) is 1. The van der Waals surface area contributed by atoms with Gasteiger partial charge in [0.1, 0.15) is 16.7 Å². The number of carbonyl (C=O) groups excluding carboxylic acids is 3. The molecule has 3 rings (SSSR count).